The number of aromatic nitrogens is 2. The lowest BCUT2D eigenvalue weighted by molar-refractivity contribution is 0.105. The third-order valence-corrected chi connectivity index (χ3v) is 3.80. The molecule has 1 aromatic heterocycles. The van der Waals surface area contributed by atoms with E-state index in [0.29, 0.717) is 11.8 Å². The van der Waals surface area contributed by atoms with E-state index in [1.165, 1.54) is 19.3 Å². The first-order chi connectivity index (χ1) is 6.24. The summed E-state index contributed by atoms with van der Waals surface area (Å²) >= 11 is 0. The maximum Gasteiger partial charge on any atom is 0.0992 e. The number of H-pyrrole nitrogens is 1. The number of hydrogen-bond acceptors (Lipinski definition) is 2. The molecular formula is C10H14N2O. The molecule has 0 amide bonds. The van der Waals surface area contributed by atoms with Gasteiger partial charge in [-0.1, -0.05) is 6.42 Å². The van der Waals surface area contributed by atoms with Gasteiger partial charge < -0.3 is 5.11 Å². The lowest BCUT2D eigenvalue weighted by Crippen LogP contribution is -2.13. The third kappa shape index (κ3) is 0.759. The highest BCUT2D eigenvalue weighted by Crippen LogP contribution is 2.66. The molecule has 2 N–H and O–H groups in total. The molecule has 2 aliphatic carbocycles. The topological polar surface area (TPSA) is 48.9 Å². The van der Waals surface area contributed by atoms with E-state index in [1.807, 2.05) is 6.92 Å². The number of nitrogens with zero attached hydrogens (tertiary/aromatic N) is 1. The van der Waals surface area contributed by atoms with Crippen molar-refractivity contribution >= 4 is 0 Å². The summed E-state index contributed by atoms with van der Waals surface area (Å²) in [6.45, 7) is 1.98. The summed E-state index contributed by atoms with van der Waals surface area (Å²) in [5, 5.41) is 17.3. The molecule has 2 fully saturated rings. The minimum atomic E-state index is -0.519. The van der Waals surface area contributed by atoms with Gasteiger partial charge in [-0.25, -0.2) is 0 Å². The Kier molecular flexibility index (Phi) is 1.25. The molecule has 3 heteroatoms. The predicted octanol–water partition coefficient (Wildman–Crippen LogP) is 1.34. The number of aliphatic hydroxyl groups is 1. The molecule has 0 bridgehead atoms. The smallest absolute Gasteiger partial charge is 0.0992 e. The van der Waals surface area contributed by atoms with Crippen molar-refractivity contribution in [2.75, 3.05) is 0 Å². The van der Waals surface area contributed by atoms with E-state index < -0.39 is 5.60 Å². The summed E-state index contributed by atoms with van der Waals surface area (Å²) in [5.41, 5.74) is 1.54. The van der Waals surface area contributed by atoms with Gasteiger partial charge in [0.1, 0.15) is 0 Å². The first-order valence-electron chi connectivity index (χ1n) is 4.97. The molecular weight excluding hydrogens is 164 g/mol. The van der Waals surface area contributed by atoms with Crippen LogP contribution in [0.15, 0.2) is 6.20 Å². The highest BCUT2D eigenvalue weighted by molar-refractivity contribution is 5.34. The molecule has 3 nitrogen and oxygen atoms in total. The number of aryl methyl sites for hydroxylation is 1. The lowest BCUT2D eigenvalue weighted by atomic mass is 10.0. The van der Waals surface area contributed by atoms with Gasteiger partial charge in [0.05, 0.1) is 11.8 Å². The lowest BCUT2D eigenvalue weighted by Gasteiger charge is -2.12. The van der Waals surface area contributed by atoms with Crippen molar-refractivity contribution in [2.45, 2.75) is 31.8 Å². The molecule has 0 aromatic carbocycles. The van der Waals surface area contributed by atoms with Crippen molar-refractivity contribution in [1.82, 2.24) is 10.2 Å². The van der Waals surface area contributed by atoms with Crippen LogP contribution in [0.4, 0.5) is 0 Å². The Morgan fingerprint density at radius 2 is 2.23 bits per heavy atom. The molecule has 3 rings (SSSR count). The van der Waals surface area contributed by atoms with Crippen LogP contribution in [0, 0.1) is 18.8 Å². The number of nitrogens with one attached hydrogen (secondary N) is 1. The first kappa shape index (κ1) is 7.56. The van der Waals surface area contributed by atoms with Crippen molar-refractivity contribution in [3.63, 3.8) is 0 Å². The maximum absolute atomic E-state index is 10.4. The Bertz CT molecular complexity index is 334. The van der Waals surface area contributed by atoms with Crippen molar-refractivity contribution in [1.29, 1.82) is 0 Å². The molecule has 0 radical (unpaired) electrons. The monoisotopic (exact) mass is 178 g/mol. The van der Waals surface area contributed by atoms with Crippen molar-refractivity contribution in [3.05, 3.63) is 17.5 Å². The average molecular weight is 178 g/mol. The second kappa shape index (κ2) is 2.15. The summed E-state index contributed by atoms with van der Waals surface area (Å²) in [4.78, 5) is 0. The van der Waals surface area contributed by atoms with Crippen LogP contribution in [0.2, 0.25) is 0 Å². The Balaban J connectivity index is 1.99. The molecule has 2 atom stereocenters. The molecule has 2 saturated carbocycles. The van der Waals surface area contributed by atoms with Gasteiger partial charge in [0, 0.05) is 11.3 Å². The molecule has 0 spiro atoms. The van der Waals surface area contributed by atoms with Gasteiger partial charge in [0.15, 0.2) is 0 Å². The van der Waals surface area contributed by atoms with Crippen LogP contribution >= 0.6 is 0 Å². The van der Waals surface area contributed by atoms with E-state index in [0.717, 1.165) is 11.3 Å². The largest absolute Gasteiger partial charge is 0.384 e. The molecule has 0 aliphatic heterocycles. The minimum absolute atomic E-state index is 0.517. The van der Waals surface area contributed by atoms with Gasteiger partial charge in [-0.15, -0.1) is 0 Å². The third-order valence-electron chi connectivity index (χ3n) is 3.80. The quantitative estimate of drug-likeness (QED) is 0.681. The second-order valence-electron chi connectivity index (χ2n) is 4.38. The van der Waals surface area contributed by atoms with E-state index in [2.05, 4.69) is 10.2 Å². The summed E-state index contributed by atoms with van der Waals surface area (Å²) in [7, 11) is 0. The maximum atomic E-state index is 10.4. The molecule has 0 saturated heterocycles. The fourth-order valence-corrected chi connectivity index (χ4v) is 3.08. The van der Waals surface area contributed by atoms with Crippen LogP contribution in [0.3, 0.4) is 0 Å². The van der Waals surface area contributed by atoms with Crippen molar-refractivity contribution < 1.29 is 5.11 Å². The standard InChI is InChI=1S/C10H14N2O/c1-6-9(5-11-12-6)10(13)7-3-2-4-8(7)10/h5,7-8,13H,2-4H2,1H3,(H,11,12). The highest BCUT2D eigenvalue weighted by atomic mass is 16.3. The van der Waals surface area contributed by atoms with Crippen LogP contribution < -0.4 is 0 Å². The van der Waals surface area contributed by atoms with Crippen molar-refractivity contribution in [3.8, 4) is 0 Å². The normalized spacial score (nSPS) is 42.0. The summed E-state index contributed by atoms with van der Waals surface area (Å²) in [6, 6.07) is 0. The fourth-order valence-electron chi connectivity index (χ4n) is 3.08. The molecule has 1 heterocycles. The number of rotatable bonds is 1. The number of fused-ring (bicyclic) bond motifs is 1. The first-order valence-corrected chi connectivity index (χ1v) is 4.97. The SMILES string of the molecule is Cc1[nH]ncc1C1(O)C2CCCC21. The van der Waals surface area contributed by atoms with Crippen LogP contribution in [-0.4, -0.2) is 15.3 Å². The number of aromatic amines is 1. The molecule has 2 unspecified atom stereocenters. The zero-order valence-corrected chi connectivity index (χ0v) is 7.75. The highest BCUT2D eigenvalue weighted by Gasteiger charge is 2.67. The van der Waals surface area contributed by atoms with E-state index in [1.54, 1.807) is 6.20 Å². The van der Waals surface area contributed by atoms with E-state index in [4.69, 9.17) is 0 Å². The van der Waals surface area contributed by atoms with Crippen LogP contribution in [-0.2, 0) is 5.60 Å². The second-order valence-corrected chi connectivity index (χ2v) is 4.38. The Labute approximate surface area is 77.2 Å². The van der Waals surface area contributed by atoms with E-state index in [-0.39, 0.29) is 0 Å². The van der Waals surface area contributed by atoms with Gasteiger partial charge in [-0.05, 0) is 31.6 Å². The van der Waals surface area contributed by atoms with Gasteiger partial charge in [0.25, 0.3) is 0 Å². The zero-order chi connectivity index (χ0) is 9.05. The predicted molar refractivity (Wildman–Crippen MR) is 48.1 cm³/mol. The van der Waals surface area contributed by atoms with Gasteiger partial charge in [0.2, 0.25) is 0 Å². The summed E-state index contributed by atoms with van der Waals surface area (Å²) < 4.78 is 0. The van der Waals surface area contributed by atoms with Crippen molar-refractivity contribution in [2.24, 2.45) is 11.8 Å². The van der Waals surface area contributed by atoms with Crippen LogP contribution in [0.1, 0.15) is 30.5 Å². The Morgan fingerprint density at radius 1 is 1.54 bits per heavy atom. The molecule has 1 aromatic rings. The molecule has 13 heavy (non-hydrogen) atoms. The molecule has 2 aliphatic rings. The fraction of sp³-hybridized carbons (Fsp3) is 0.700. The summed E-state index contributed by atoms with van der Waals surface area (Å²) in [6.07, 6.45) is 5.44. The van der Waals surface area contributed by atoms with E-state index in [9.17, 15) is 5.11 Å². The van der Waals surface area contributed by atoms with Crippen LogP contribution in [0.25, 0.3) is 0 Å². The Hall–Kier alpha value is -0.830. The van der Waals surface area contributed by atoms with Crippen LogP contribution in [0.5, 0.6) is 0 Å². The number of hydrogen-bond donors (Lipinski definition) is 2. The minimum Gasteiger partial charge on any atom is -0.384 e. The van der Waals surface area contributed by atoms with Gasteiger partial charge in [-0.2, -0.15) is 5.10 Å². The summed E-state index contributed by atoms with van der Waals surface area (Å²) in [5.74, 6) is 1.03. The van der Waals surface area contributed by atoms with Gasteiger partial charge in [-0.3, -0.25) is 5.10 Å². The zero-order valence-electron chi connectivity index (χ0n) is 7.75. The Morgan fingerprint density at radius 3 is 2.77 bits per heavy atom. The van der Waals surface area contributed by atoms with Gasteiger partial charge >= 0.3 is 0 Å². The molecule has 70 valence electrons. The van der Waals surface area contributed by atoms with E-state index >= 15 is 0 Å². The average Bonchev–Trinajstić information content (AvgIpc) is 2.61.